The number of aromatic nitrogens is 1. The number of hydrogen-bond acceptors (Lipinski definition) is 5. The molecule has 0 bridgehead atoms. The molecule has 0 aliphatic rings. The van der Waals surface area contributed by atoms with Crippen molar-refractivity contribution in [2.75, 3.05) is 26.4 Å². The average molecular weight is 308 g/mol. The number of hydrogen-bond donors (Lipinski definition) is 2. The number of anilines is 1. The van der Waals surface area contributed by atoms with Crippen molar-refractivity contribution >= 4 is 26.7 Å². The van der Waals surface area contributed by atoms with Gasteiger partial charge in [0.25, 0.3) is 0 Å². The minimum atomic E-state index is -3.53. The van der Waals surface area contributed by atoms with E-state index in [1.807, 2.05) is 25.9 Å². The Kier molecular flexibility index (Phi) is 4.46. The first kappa shape index (κ1) is 15.7. The summed E-state index contributed by atoms with van der Waals surface area (Å²) in [4.78, 5) is 6.34. The Balaban J connectivity index is 2.26. The number of nitrogens with zero attached hydrogens (tertiary/aromatic N) is 2. The molecule has 1 aromatic heterocycles. The molecule has 0 aliphatic carbocycles. The minimum Gasteiger partial charge on any atom is -0.384 e. The monoisotopic (exact) mass is 308 g/mol. The lowest BCUT2D eigenvalue weighted by Crippen LogP contribution is -2.38. The van der Waals surface area contributed by atoms with E-state index in [-0.39, 0.29) is 10.9 Å². The molecule has 114 valence electrons. The third-order valence-corrected chi connectivity index (χ3v) is 4.86. The van der Waals surface area contributed by atoms with Crippen molar-refractivity contribution in [3.05, 3.63) is 30.3 Å². The van der Waals surface area contributed by atoms with E-state index in [4.69, 9.17) is 5.73 Å². The van der Waals surface area contributed by atoms with Gasteiger partial charge in [0.1, 0.15) is 5.82 Å². The van der Waals surface area contributed by atoms with E-state index in [0.717, 1.165) is 5.39 Å². The molecule has 0 radical (unpaired) electrons. The van der Waals surface area contributed by atoms with Gasteiger partial charge < -0.3 is 10.6 Å². The normalized spacial score (nSPS) is 13.7. The van der Waals surface area contributed by atoms with Crippen molar-refractivity contribution in [1.29, 1.82) is 0 Å². The maximum Gasteiger partial charge on any atom is 0.240 e. The van der Waals surface area contributed by atoms with Crippen LogP contribution in [0.15, 0.2) is 35.2 Å². The zero-order valence-electron chi connectivity index (χ0n) is 12.4. The third-order valence-electron chi connectivity index (χ3n) is 3.44. The molecule has 0 fully saturated rings. The number of nitrogens with one attached hydrogen (secondary N) is 1. The first-order valence-electron chi connectivity index (χ1n) is 6.62. The first-order valence-corrected chi connectivity index (χ1v) is 8.10. The first-order chi connectivity index (χ1) is 9.79. The fraction of sp³-hybridized carbons (Fsp3) is 0.357. The molecule has 2 aromatic rings. The van der Waals surface area contributed by atoms with Gasteiger partial charge in [0.15, 0.2) is 0 Å². The van der Waals surface area contributed by atoms with Crippen molar-refractivity contribution < 1.29 is 8.42 Å². The molecule has 2 rings (SSSR count). The van der Waals surface area contributed by atoms with Gasteiger partial charge in [-0.15, -0.1) is 0 Å². The zero-order chi connectivity index (χ0) is 15.6. The van der Waals surface area contributed by atoms with Crippen LogP contribution in [0.25, 0.3) is 10.9 Å². The quantitative estimate of drug-likeness (QED) is 0.862. The van der Waals surface area contributed by atoms with Crippen molar-refractivity contribution in [1.82, 2.24) is 14.6 Å². The number of likely N-dealkylation sites (N-methyl/N-ethyl adjacent to an activating group) is 1. The van der Waals surface area contributed by atoms with Crippen LogP contribution in [0.4, 0.5) is 5.82 Å². The van der Waals surface area contributed by atoms with Gasteiger partial charge in [-0.1, -0.05) is 0 Å². The standard InChI is InChI=1S/C14H20N4O2S/c1-10(18(2)3)9-16-21(19,20)12-5-6-13-11(8-12)4-7-14(15)17-13/h4-8,10,16H,9H2,1-3H3,(H2,15,17). The van der Waals surface area contributed by atoms with Crippen molar-refractivity contribution in [2.24, 2.45) is 0 Å². The molecule has 0 saturated carbocycles. The van der Waals surface area contributed by atoms with Crippen LogP contribution in [-0.2, 0) is 10.0 Å². The highest BCUT2D eigenvalue weighted by atomic mass is 32.2. The van der Waals surface area contributed by atoms with Crippen LogP contribution in [-0.4, -0.2) is 45.0 Å². The van der Waals surface area contributed by atoms with Gasteiger partial charge in [-0.2, -0.15) is 0 Å². The molecule has 1 aromatic carbocycles. The molecule has 1 unspecified atom stereocenters. The summed E-state index contributed by atoms with van der Waals surface area (Å²) in [5.41, 5.74) is 6.29. The Labute approximate surface area is 125 Å². The van der Waals surface area contributed by atoms with E-state index in [2.05, 4.69) is 9.71 Å². The van der Waals surface area contributed by atoms with E-state index in [9.17, 15) is 8.42 Å². The molecule has 7 heteroatoms. The Hall–Kier alpha value is -1.70. The average Bonchev–Trinajstić information content (AvgIpc) is 2.44. The van der Waals surface area contributed by atoms with Gasteiger partial charge in [0.2, 0.25) is 10.0 Å². The summed E-state index contributed by atoms with van der Waals surface area (Å²) in [5.74, 6) is 0.413. The SMILES string of the molecule is CC(CNS(=O)(=O)c1ccc2nc(N)ccc2c1)N(C)C. The van der Waals surface area contributed by atoms with Crippen LogP contribution >= 0.6 is 0 Å². The number of fused-ring (bicyclic) bond motifs is 1. The summed E-state index contributed by atoms with van der Waals surface area (Å²) < 4.78 is 27.2. The van der Waals surface area contributed by atoms with Gasteiger partial charge in [0, 0.05) is 18.0 Å². The van der Waals surface area contributed by atoms with Crippen LogP contribution in [0, 0.1) is 0 Å². The number of benzene rings is 1. The van der Waals surface area contributed by atoms with Crippen molar-refractivity contribution in [2.45, 2.75) is 17.9 Å². The summed E-state index contributed by atoms with van der Waals surface area (Å²) in [6.07, 6.45) is 0. The second kappa shape index (κ2) is 5.97. The van der Waals surface area contributed by atoms with Crippen LogP contribution in [0.5, 0.6) is 0 Å². The second-order valence-electron chi connectivity index (χ2n) is 5.26. The van der Waals surface area contributed by atoms with Gasteiger partial charge in [-0.05, 0) is 51.4 Å². The van der Waals surface area contributed by atoms with Crippen LogP contribution in [0.1, 0.15) is 6.92 Å². The molecular formula is C14H20N4O2S. The molecule has 1 atom stereocenters. The van der Waals surface area contributed by atoms with E-state index >= 15 is 0 Å². The Bertz CT molecular complexity index is 744. The smallest absolute Gasteiger partial charge is 0.240 e. The molecule has 0 spiro atoms. The third kappa shape index (κ3) is 3.69. The lowest BCUT2D eigenvalue weighted by Gasteiger charge is -2.20. The highest BCUT2D eigenvalue weighted by Gasteiger charge is 2.16. The van der Waals surface area contributed by atoms with Gasteiger partial charge in [-0.25, -0.2) is 18.1 Å². The number of rotatable bonds is 5. The predicted molar refractivity (Wildman–Crippen MR) is 84.5 cm³/mol. The number of sulfonamides is 1. The molecule has 3 N–H and O–H groups in total. The van der Waals surface area contributed by atoms with Crippen LogP contribution in [0.2, 0.25) is 0 Å². The van der Waals surface area contributed by atoms with Gasteiger partial charge in [0.05, 0.1) is 10.4 Å². The summed E-state index contributed by atoms with van der Waals surface area (Å²) in [5, 5.41) is 0.743. The topological polar surface area (TPSA) is 88.3 Å². The van der Waals surface area contributed by atoms with Crippen LogP contribution < -0.4 is 10.5 Å². The fourth-order valence-electron chi connectivity index (χ4n) is 1.78. The predicted octanol–water partition coefficient (Wildman–Crippen LogP) is 1.05. The van der Waals surface area contributed by atoms with E-state index < -0.39 is 10.0 Å². The maximum absolute atomic E-state index is 12.3. The fourth-order valence-corrected chi connectivity index (χ4v) is 2.94. The Morgan fingerprint density at radius 1 is 1.29 bits per heavy atom. The zero-order valence-corrected chi connectivity index (χ0v) is 13.2. The minimum absolute atomic E-state index is 0.113. The van der Waals surface area contributed by atoms with Crippen molar-refractivity contribution in [3.8, 4) is 0 Å². The van der Waals surface area contributed by atoms with Gasteiger partial charge >= 0.3 is 0 Å². The van der Waals surface area contributed by atoms with Gasteiger partial charge in [-0.3, -0.25) is 0 Å². The molecule has 0 amide bonds. The highest BCUT2D eigenvalue weighted by molar-refractivity contribution is 7.89. The lowest BCUT2D eigenvalue weighted by molar-refractivity contribution is 0.314. The maximum atomic E-state index is 12.3. The summed E-state index contributed by atoms with van der Waals surface area (Å²) in [6.45, 7) is 2.31. The summed E-state index contributed by atoms with van der Waals surface area (Å²) in [6, 6.07) is 8.33. The van der Waals surface area contributed by atoms with E-state index in [0.29, 0.717) is 17.9 Å². The molecule has 21 heavy (non-hydrogen) atoms. The Morgan fingerprint density at radius 3 is 2.67 bits per heavy atom. The molecular weight excluding hydrogens is 288 g/mol. The largest absolute Gasteiger partial charge is 0.384 e. The van der Waals surface area contributed by atoms with Crippen LogP contribution in [0.3, 0.4) is 0 Å². The lowest BCUT2D eigenvalue weighted by atomic mass is 10.2. The number of pyridine rings is 1. The molecule has 0 saturated heterocycles. The summed E-state index contributed by atoms with van der Waals surface area (Å²) in [7, 11) is 0.289. The second-order valence-corrected chi connectivity index (χ2v) is 7.02. The molecule has 1 heterocycles. The molecule has 0 aliphatic heterocycles. The highest BCUT2D eigenvalue weighted by Crippen LogP contribution is 2.18. The molecule has 6 nitrogen and oxygen atoms in total. The van der Waals surface area contributed by atoms with E-state index in [1.165, 1.54) is 6.07 Å². The van der Waals surface area contributed by atoms with E-state index in [1.54, 1.807) is 24.3 Å². The number of nitrogens with two attached hydrogens (primary N) is 1. The number of nitrogen functional groups attached to an aromatic ring is 1. The Morgan fingerprint density at radius 2 is 2.00 bits per heavy atom. The summed E-state index contributed by atoms with van der Waals surface area (Å²) >= 11 is 0. The van der Waals surface area contributed by atoms with Crippen molar-refractivity contribution in [3.63, 3.8) is 0 Å².